The minimum atomic E-state index is -0.798. The van der Waals surface area contributed by atoms with Gasteiger partial charge in [-0.05, 0) is 39.5 Å². The Bertz CT molecular complexity index is 245. The highest BCUT2D eigenvalue weighted by molar-refractivity contribution is 5.79. The molecule has 0 aromatic carbocycles. The predicted octanol–water partition coefficient (Wildman–Crippen LogP) is 2.04. The molecule has 1 aliphatic carbocycles. The fourth-order valence-electron chi connectivity index (χ4n) is 2.56. The normalized spacial score (nSPS) is 25.8. The van der Waals surface area contributed by atoms with E-state index < -0.39 is 5.60 Å². The van der Waals surface area contributed by atoms with E-state index in [-0.39, 0.29) is 11.8 Å². The lowest BCUT2D eigenvalue weighted by molar-refractivity contribution is -0.139. The molecular formula is C13H25NO2. The van der Waals surface area contributed by atoms with Crippen molar-refractivity contribution in [2.24, 2.45) is 11.8 Å². The number of hydrogen-bond donors (Lipinski definition) is 1. The molecule has 3 nitrogen and oxygen atoms in total. The molecule has 1 saturated carbocycles. The highest BCUT2D eigenvalue weighted by Gasteiger charge is 2.33. The maximum atomic E-state index is 12.3. The first-order chi connectivity index (χ1) is 7.35. The molecule has 1 fully saturated rings. The molecule has 0 radical (unpaired) electrons. The SMILES string of the molecule is CCN(CC(C)(C)O)C(=O)C1CCCC1C. The summed E-state index contributed by atoms with van der Waals surface area (Å²) in [7, 11) is 0. The molecule has 0 aromatic rings. The van der Waals surface area contributed by atoms with Gasteiger partial charge in [-0.3, -0.25) is 4.79 Å². The largest absolute Gasteiger partial charge is 0.389 e. The smallest absolute Gasteiger partial charge is 0.226 e. The summed E-state index contributed by atoms with van der Waals surface area (Å²) >= 11 is 0. The van der Waals surface area contributed by atoms with E-state index in [9.17, 15) is 9.90 Å². The summed E-state index contributed by atoms with van der Waals surface area (Å²) in [5.41, 5.74) is -0.798. The molecule has 0 aliphatic heterocycles. The highest BCUT2D eigenvalue weighted by atomic mass is 16.3. The van der Waals surface area contributed by atoms with Crippen LogP contribution in [-0.4, -0.2) is 34.6 Å². The third-order valence-electron chi connectivity index (χ3n) is 3.45. The van der Waals surface area contributed by atoms with Crippen molar-refractivity contribution >= 4 is 5.91 Å². The van der Waals surface area contributed by atoms with Crippen molar-refractivity contribution in [2.45, 2.75) is 52.6 Å². The average molecular weight is 227 g/mol. The van der Waals surface area contributed by atoms with Crippen LogP contribution in [0.2, 0.25) is 0 Å². The number of carbonyl (C=O) groups excluding carboxylic acids is 1. The number of likely N-dealkylation sites (N-methyl/N-ethyl adjacent to an activating group) is 1. The first-order valence-electron chi connectivity index (χ1n) is 6.36. The molecule has 1 aliphatic rings. The summed E-state index contributed by atoms with van der Waals surface area (Å²) in [6, 6.07) is 0. The van der Waals surface area contributed by atoms with Crippen molar-refractivity contribution in [3.05, 3.63) is 0 Å². The van der Waals surface area contributed by atoms with E-state index >= 15 is 0 Å². The summed E-state index contributed by atoms with van der Waals surface area (Å²) in [6.45, 7) is 8.76. The number of amides is 1. The summed E-state index contributed by atoms with van der Waals surface area (Å²) in [5, 5.41) is 9.78. The Labute approximate surface area is 98.8 Å². The van der Waals surface area contributed by atoms with E-state index in [0.717, 1.165) is 19.3 Å². The Morgan fingerprint density at radius 2 is 2.06 bits per heavy atom. The zero-order chi connectivity index (χ0) is 12.3. The van der Waals surface area contributed by atoms with Gasteiger partial charge >= 0.3 is 0 Å². The third kappa shape index (κ3) is 3.48. The molecule has 94 valence electrons. The van der Waals surface area contributed by atoms with Gasteiger partial charge in [0.2, 0.25) is 5.91 Å². The van der Waals surface area contributed by atoms with Crippen LogP contribution in [-0.2, 0) is 4.79 Å². The van der Waals surface area contributed by atoms with Crippen LogP contribution in [0.15, 0.2) is 0 Å². The van der Waals surface area contributed by atoms with Gasteiger partial charge in [-0.25, -0.2) is 0 Å². The predicted molar refractivity (Wildman–Crippen MR) is 65.1 cm³/mol. The Morgan fingerprint density at radius 3 is 2.44 bits per heavy atom. The molecule has 0 heterocycles. The molecule has 2 atom stereocenters. The zero-order valence-electron chi connectivity index (χ0n) is 11.0. The molecule has 1 amide bonds. The quantitative estimate of drug-likeness (QED) is 0.798. The van der Waals surface area contributed by atoms with Gasteiger partial charge in [-0.15, -0.1) is 0 Å². The van der Waals surface area contributed by atoms with Crippen molar-refractivity contribution in [3.8, 4) is 0 Å². The Morgan fingerprint density at radius 1 is 1.44 bits per heavy atom. The lowest BCUT2D eigenvalue weighted by atomic mass is 9.96. The van der Waals surface area contributed by atoms with Gasteiger partial charge in [0.15, 0.2) is 0 Å². The molecule has 16 heavy (non-hydrogen) atoms. The molecule has 0 bridgehead atoms. The number of nitrogens with zero attached hydrogens (tertiary/aromatic N) is 1. The van der Waals surface area contributed by atoms with Crippen molar-refractivity contribution < 1.29 is 9.90 Å². The second-order valence-corrected chi connectivity index (χ2v) is 5.68. The second kappa shape index (κ2) is 5.17. The molecular weight excluding hydrogens is 202 g/mol. The first kappa shape index (κ1) is 13.5. The number of rotatable bonds is 4. The summed E-state index contributed by atoms with van der Waals surface area (Å²) < 4.78 is 0. The Balaban J connectivity index is 2.62. The lowest BCUT2D eigenvalue weighted by Crippen LogP contribution is -2.45. The number of carbonyl (C=O) groups is 1. The third-order valence-corrected chi connectivity index (χ3v) is 3.45. The highest BCUT2D eigenvalue weighted by Crippen LogP contribution is 2.32. The standard InChI is InChI=1S/C13H25NO2/c1-5-14(9-13(3,4)16)12(15)11-8-6-7-10(11)2/h10-11,16H,5-9H2,1-4H3. The van der Waals surface area contributed by atoms with Crippen molar-refractivity contribution in [1.82, 2.24) is 4.90 Å². The van der Waals surface area contributed by atoms with E-state index in [4.69, 9.17) is 0 Å². The summed E-state index contributed by atoms with van der Waals surface area (Å²) in [4.78, 5) is 14.1. The zero-order valence-corrected chi connectivity index (χ0v) is 11.0. The number of hydrogen-bond acceptors (Lipinski definition) is 2. The number of aliphatic hydroxyl groups is 1. The van der Waals surface area contributed by atoms with Gasteiger partial charge in [0.1, 0.15) is 0 Å². The monoisotopic (exact) mass is 227 g/mol. The Kier molecular flexibility index (Phi) is 4.36. The topological polar surface area (TPSA) is 40.5 Å². The van der Waals surface area contributed by atoms with Crippen LogP contribution in [0.5, 0.6) is 0 Å². The van der Waals surface area contributed by atoms with Crippen LogP contribution in [0.25, 0.3) is 0 Å². The van der Waals surface area contributed by atoms with E-state index in [1.54, 1.807) is 18.7 Å². The Hall–Kier alpha value is -0.570. The van der Waals surface area contributed by atoms with Gasteiger partial charge in [-0.2, -0.15) is 0 Å². The van der Waals surface area contributed by atoms with Gasteiger partial charge in [-0.1, -0.05) is 13.3 Å². The minimum absolute atomic E-state index is 0.183. The maximum Gasteiger partial charge on any atom is 0.226 e. The van der Waals surface area contributed by atoms with Gasteiger partial charge in [0, 0.05) is 19.0 Å². The van der Waals surface area contributed by atoms with Crippen LogP contribution in [0, 0.1) is 11.8 Å². The van der Waals surface area contributed by atoms with E-state index in [1.807, 2.05) is 6.92 Å². The second-order valence-electron chi connectivity index (χ2n) is 5.68. The van der Waals surface area contributed by atoms with Gasteiger partial charge in [0.25, 0.3) is 0 Å². The fraction of sp³-hybridized carbons (Fsp3) is 0.923. The van der Waals surface area contributed by atoms with E-state index in [1.165, 1.54) is 0 Å². The van der Waals surface area contributed by atoms with Crippen LogP contribution in [0.1, 0.15) is 47.0 Å². The molecule has 0 aromatic heterocycles. The van der Waals surface area contributed by atoms with Crippen molar-refractivity contribution in [2.75, 3.05) is 13.1 Å². The van der Waals surface area contributed by atoms with Crippen molar-refractivity contribution in [1.29, 1.82) is 0 Å². The van der Waals surface area contributed by atoms with Gasteiger partial charge < -0.3 is 10.0 Å². The fourth-order valence-corrected chi connectivity index (χ4v) is 2.56. The minimum Gasteiger partial charge on any atom is -0.389 e. The lowest BCUT2D eigenvalue weighted by Gasteiger charge is -2.31. The van der Waals surface area contributed by atoms with E-state index in [2.05, 4.69) is 6.92 Å². The maximum absolute atomic E-state index is 12.3. The van der Waals surface area contributed by atoms with E-state index in [0.29, 0.717) is 19.0 Å². The molecule has 3 heteroatoms. The van der Waals surface area contributed by atoms with Crippen molar-refractivity contribution in [3.63, 3.8) is 0 Å². The van der Waals surface area contributed by atoms with Crippen LogP contribution >= 0.6 is 0 Å². The van der Waals surface area contributed by atoms with Crippen LogP contribution in [0.3, 0.4) is 0 Å². The molecule has 1 N–H and O–H groups in total. The molecule has 0 spiro atoms. The molecule has 0 saturated heterocycles. The van der Waals surface area contributed by atoms with Gasteiger partial charge in [0.05, 0.1) is 5.60 Å². The summed E-state index contributed by atoms with van der Waals surface area (Å²) in [5.74, 6) is 0.917. The van der Waals surface area contributed by atoms with Crippen LogP contribution < -0.4 is 0 Å². The van der Waals surface area contributed by atoms with Crippen LogP contribution in [0.4, 0.5) is 0 Å². The molecule has 2 unspecified atom stereocenters. The first-order valence-corrected chi connectivity index (χ1v) is 6.36. The molecule has 1 rings (SSSR count). The summed E-state index contributed by atoms with van der Waals surface area (Å²) in [6.07, 6.45) is 3.34. The average Bonchev–Trinajstić information content (AvgIpc) is 2.58.